The van der Waals surface area contributed by atoms with Gasteiger partial charge in [0.2, 0.25) is 12.3 Å². The molecule has 0 amide bonds. The Morgan fingerprint density at radius 2 is 1.67 bits per heavy atom. The van der Waals surface area contributed by atoms with Crippen molar-refractivity contribution in [2.45, 2.75) is 13.5 Å². The first-order valence-electron chi connectivity index (χ1n) is 6.28. The average Bonchev–Trinajstić information content (AvgIpc) is 2.49. The molecule has 0 spiro atoms. The summed E-state index contributed by atoms with van der Waals surface area (Å²) in [7, 11) is 1.33. The second-order valence-corrected chi connectivity index (χ2v) is 4.46. The van der Waals surface area contributed by atoms with Gasteiger partial charge in [-0.3, -0.25) is 4.79 Å². The number of pyridine rings is 1. The number of rotatable bonds is 4. The molecule has 4 nitrogen and oxygen atoms in total. The van der Waals surface area contributed by atoms with Crippen LogP contribution in [0.15, 0.2) is 48.7 Å². The summed E-state index contributed by atoms with van der Waals surface area (Å²) >= 11 is 0. The topological polar surface area (TPSA) is 47.3 Å². The van der Waals surface area contributed by atoms with Crippen LogP contribution in [0.3, 0.4) is 0 Å². The van der Waals surface area contributed by atoms with Gasteiger partial charge in [-0.1, -0.05) is 18.2 Å². The highest BCUT2D eigenvalue weighted by molar-refractivity contribution is 5.96. The molecule has 0 saturated heterocycles. The van der Waals surface area contributed by atoms with Crippen LogP contribution in [0.2, 0.25) is 0 Å². The van der Waals surface area contributed by atoms with Crippen LogP contribution in [0.4, 0.5) is 0 Å². The van der Waals surface area contributed by atoms with E-state index in [-0.39, 0.29) is 29.3 Å². The normalized spacial score (nSPS) is 9.62. The van der Waals surface area contributed by atoms with Gasteiger partial charge in [0, 0.05) is 24.6 Å². The van der Waals surface area contributed by atoms with E-state index in [9.17, 15) is 9.59 Å². The van der Waals surface area contributed by atoms with Gasteiger partial charge >= 0.3 is 5.97 Å². The quantitative estimate of drug-likeness (QED) is 0.402. The minimum absolute atomic E-state index is 0. The highest BCUT2D eigenvalue weighted by Gasteiger charge is 2.14. The zero-order chi connectivity index (χ0) is 14.5. The third kappa shape index (κ3) is 4.23. The summed E-state index contributed by atoms with van der Waals surface area (Å²) in [5.41, 5.74) is 2.04. The number of methoxy groups -OCH3 is 1. The number of aryl methyl sites for hydroxylation is 1. The second-order valence-electron chi connectivity index (χ2n) is 4.46. The Bertz CT molecular complexity index is 638. The molecule has 0 aliphatic rings. The van der Waals surface area contributed by atoms with Crippen molar-refractivity contribution < 1.29 is 35.9 Å². The van der Waals surface area contributed by atoms with Crippen LogP contribution in [-0.2, 0) is 11.3 Å². The lowest BCUT2D eigenvalue weighted by Gasteiger charge is -2.02. The predicted molar refractivity (Wildman–Crippen MR) is 73.5 cm³/mol. The Morgan fingerprint density at radius 1 is 1.05 bits per heavy atom. The van der Waals surface area contributed by atoms with Gasteiger partial charge in [0.1, 0.15) is 0 Å². The van der Waals surface area contributed by atoms with E-state index in [0.717, 1.165) is 5.69 Å². The van der Waals surface area contributed by atoms with E-state index >= 15 is 0 Å². The molecule has 0 bridgehead atoms. The van der Waals surface area contributed by atoms with Gasteiger partial charge < -0.3 is 21.7 Å². The molecule has 5 heteroatoms. The Morgan fingerprint density at radius 3 is 2.24 bits per heavy atom. The summed E-state index contributed by atoms with van der Waals surface area (Å²) < 4.78 is 6.51. The van der Waals surface area contributed by atoms with Crippen LogP contribution in [0.1, 0.15) is 26.4 Å². The zero-order valence-corrected chi connectivity index (χ0v) is 13.5. The van der Waals surface area contributed by atoms with Crippen molar-refractivity contribution in [3.05, 3.63) is 65.5 Å². The molecule has 0 fully saturated rings. The van der Waals surface area contributed by atoms with Gasteiger partial charge in [0.25, 0.3) is 0 Å². The number of Topliss-reactive ketones (excluding diaryl/α,β-unsaturated/α-hetero) is 1. The number of halogens is 1. The molecule has 0 aliphatic heterocycles. The molecule has 1 aromatic heterocycles. The van der Waals surface area contributed by atoms with Crippen molar-refractivity contribution in [1.82, 2.24) is 0 Å². The Hall–Kier alpha value is -2.01. The van der Waals surface area contributed by atoms with Crippen LogP contribution in [0.25, 0.3) is 0 Å². The summed E-state index contributed by atoms with van der Waals surface area (Å²) in [4.78, 5) is 23.5. The smallest absolute Gasteiger partial charge is 0.337 e. The number of carbonyl (C=O) groups is 2. The van der Waals surface area contributed by atoms with E-state index in [1.807, 2.05) is 35.9 Å². The SMILES string of the molecule is COC(=O)c1ccc(C(=O)C[n+]2ccccc2C)cc1.[Br-]. The van der Waals surface area contributed by atoms with Crippen LogP contribution < -0.4 is 21.5 Å². The van der Waals surface area contributed by atoms with Gasteiger partial charge in [0.05, 0.1) is 12.7 Å². The van der Waals surface area contributed by atoms with Crippen LogP contribution >= 0.6 is 0 Å². The highest BCUT2D eigenvalue weighted by Crippen LogP contribution is 2.07. The molecular formula is C16H16BrNO3. The molecule has 1 heterocycles. The number of ether oxygens (including phenoxy) is 1. The number of benzene rings is 1. The summed E-state index contributed by atoms with van der Waals surface area (Å²) in [6, 6.07) is 12.3. The largest absolute Gasteiger partial charge is 1.00 e. The molecule has 0 unspecified atom stereocenters. The maximum absolute atomic E-state index is 12.2. The van der Waals surface area contributed by atoms with Crippen LogP contribution in [0.5, 0.6) is 0 Å². The minimum atomic E-state index is -0.405. The van der Waals surface area contributed by atoms with Crippen LogP contribution in [0, 0.1) is 6.92 Å². The van der Waals surface area contributed by atoms with Gasteiger partial charge in [-0.25, -0.2) is 4.79 Å². The Kier molecular flexibility index (Phi) is 6.24. The molecule has 2 aromatic rings. The van der Waals surface area contributed by atoms with Gasteiger partial charge in [-0.15, -0.1) is 0 Å². The van der Waals surface area contributed by atoms with Crippen molar-refractivity contribution in [3.63, 3.8) is 0 Å². The lowest BCUT2D eigenvalue weighted by molar-refractivity contribution is -0.689. The maximum atomic E-state index is 12.2. The van der Waals surface area contributed by atoms with E-state index in [1.54, 1.807) is 24.3 Å². The van der Waals surface area contributed by atoms with Gasteiger partial charge in [-0.2, -0.15) is 4.57 Å². The van der Waals surface area contributed by atoms with Crippen LogP contribution in [-0.4, -0.2) is 18.9 Å². The maximum Gasteiger partial charge on any atom is 0.337 e. The Balaban J connectivity index is 0.00000220. The molecule has 0 atom stereocenters. The number of hydrogen-bond donors (Lipinski definition) is 0. The van der Waals surface area contributed by atoms with Crippen molar-refractivity contribution in [2.24, 2.45) is 0 Å². The lowest BCUT2D eigenvalue weighted by Crippen LogP contribution is -3.00. The van der Waals surface area contributed by atoms with Crippen molar-refractivity contribution in [3.8, 4) is 0 Å². The molecule has 0 N–H and O–H groups in total. The number of ketones is 1. The fourth-order valence-corrected chi connectivity index (χ4v) is 1.90. The molecule has 0 radical (unpaired) electrons. The number of hydrogen-bond acceptors (Lipinski definition) is 3. The molecule has 1 aromatic carbocycles. The first kappa shape index (κ1) is 17.0. The zero-order valence-electron chi connectivity index (χ0n) is 11.9. The molecule has 0 saturated carbocycles. The average molecular weight is 350 g/mol. The third-order valence-electron chi connectivity index (χ3n) is 3.11. The van der Waals surface area contributed by atoms with Crippen molar-refractivity contribution in [2.75, 3.05) is 7.11 Å². The van der Waals surface area contributed by atoms with E-state index in [1.165, 1.54) is 7.11 Å². The summed E-state index contributed by atoms with van der Waals surface area (Å²) in [5, 5.41) is 0. The second kappa shape index (κ2) is 7.69. The minimum Gasteiger partial charge on any atom is -1.00 e. The standard InChI is InChI=1S/C16H16NO3.BrH/c1-12-5-3-4-10-17(12)11-15(18)13-6-8-14(9-7-13)16(19)20-2;/h3-10H,11H2,1-2H3;1H/q+1;/p-1. The first-order valence-corrected chi connectivity index (χ1v) is 6.28. The van der Waals surface area contributed by atoms with Crippen molar-refractivity contribution in [1.29, 1.82) is 0 Å². The monoisotopic (exact) mass is 349 g/mol. The molecule has 110 valence electrons. The number of esters is 1. The highest BCUT2D eigenvalue weighted by atomic mass is 79.9. The first-order chi connectivity index (χ1) is 9.61. The van der Waals surface area contributed by atoms with E-state index in [0.29, 0.717) is 11.1 Å². The van der Waals surface area contributed by atoms with Gasteiger partial charge in [0.15, 0.2) is 11.9 Å². The third-order valence-corrected chi connectivity index (χ3v) is 3.11. The molecule has 0 aliphatic carbocycles. The predicted octanol–water partition coefficient (Wildman–Crippen LogP) is -1.04. The summed E-state index contributed by atoms with van der Waals surface area (Å²) in [6.45, 7) is 2.23. The van der Waals surface area contributed by atoms with Gasteiger partial charge in [-0.05, 0) is 12.1 Å². The van der Waals surface area contributed by atoms with E-state index in [2.05, 4.69) is 4.74 Å². The van der Waals surface area contributed by atoms with E-state index in [4.69, 9.17) is 0 Å². The Labute approximate surface area is 134 Å². The molecule has 2 rings (SSSR count). The fraction of sp³-hybridized carbons (Fsp3) is 0.188. The summed E-state index contributed by atoms with van der Waals surface area (Å²) in [6.07, 6.45) is 1.87. The number of aromatic nitrogens is 1. The van der Waals surface area contributed by atoms with Crippen molar-refractivity contribution >= 4 is 11.8 Å². The fourth-order valence-electron chi connectivity index (χ4n) is 1.90. The number of nitrogens with zero attached hydrogens (tertiary/aromatic N) is 1. The van der Waals surface area contributed by atoms with E-state index < -0.39 is 5.97 Å². The molecular weight excluding hydrogens is 334 g/mol. The lowest BCUT2D eigenvalue weighted by atomic mass is 10.1. The summed E-state index contributed by atoms with van der Waals surface area (Å²) in [5.74, 6) is -0.405. The molecule has 21 heavy (non-hydrogen) atoms. The number of carbonyl (C=O) groups excluding carboxylic acids is 2.